The van der Waals surface area contributed by atoms with Crippen molar-refractivity contribution < 1.29 is 14.3 Å². The molecule has 76 valence electrons. The maximum atomic E-state index is 13.2. The van der Waals surface area contributed by atoms with Crippen LogP contribution in [0.5, 0.6) is 0 Å². The lowest BCUT2D eigenvalue weighted by Gasteiger charge is -2.08. The summed E-state index contributed by atoms with van der Waals surface area (Å²) in [5.41, 5.74) is 5.59. The van der Waals surface area contributed by atoms with Crippen molar-refractivity contribution in [2.45, 2.75) is 12.5 Å². The van der Waals surface area contributed by atoms with Crippen LogP contribution in [0.3, 0.4) is 0 Å². The first-order valence-electron chi connectivity index (χ1n) is 3.93. The molecule has 5 heteroatoms. The van der Waals surface area contributed by atoms with Crippen LogP contribution in [0, 0.1) is 5.82 Å². The largest absolute Gasteiger partial charge is 0.480 e. The zero-order chi connectivity index (χ0) is 10.7. The van der Waals surface area contributed by atoms with E-state index in [-0.39, 0.29) is 6.42 Å². The van der Waals surface area contributed by atoms with Crippen LogP contribution in [0.4, 0.5) is 4.39 Å². The van der Waals surface area contributed by atoms with Gasteiger partial charge in [0, 0.05) is 16.5 Å². The van der Waals surface area contributed by atoms with E-state index in [1.54, 1.807) is 6.07 Å². The van der Waals surface area contributed by atoms with Crippen LogP contribution in [-0.4, -0.2) is 17.1 Å². The van der Waals surface area contributed by atoms with E-state index in [1.807, 2.05) is 0 Å². The first-order chi connectivity index (χ1) is 6.52. The summed E-state index contributed by atoms with van der Waals surface area (Å²) in [5, 5.41) is 8.56. The minimum absolute atomic E-state index is 0.0252. The Hall–Kier alpha value is -0.940. The smallest absolute Gasteiger partial charge is 0.320 e. The molecule has 0 unspecified atom stereocenters. The lowest BCUT2D eigenvalue weighted by molar-refractivity contribution is -0.138. The Morgan fingerprint density at radius 1 is 1.64 bits per heavy atom. The van der Waals surface area contributed by atoms with Gasteiger partial charge >= 0.3 is 5.97 Å². The summed E-state index contributed by atoms with van der Waals surface area (Å²) in [6.45, 7) is 0. The summed E-state index contributed by atoms with van der Waals surface area (Å²) in [6.07, 6.45) is -0.0252. The fraction of sp³-hybridized carbons (Fsp3) is 0.222. The minimum atomic E-state index is -1.14. The van der Waals surface area contributed by atoms with Crippen molar-refractivity contribution in [2.24, 2.45) is 5.73 Å². The van der Waals surface area contributed by atoms with E-state index in [1.165, 1.54) is 12.1 Å². The maximum absolute atomic E-state index is 13.2. The number of hydrogen-bond acceptors (Lipinski definition) is 2. The van der Waals surface area contributed by atoms with Gasteiger partial charge in [-0.25, -0.2) is 4.39 Å². The van der Waals surface area contributed by atoms with Gasteiger partial charge in [0.2, 0.25) is 0 Å². The average molecular weight is 262 g/mol. The molecule has 0 amide bonds. The van der Waals surface area contributed by atoms with Gasteiger partial charge in [-0.05, 0) is 12.1 Å². The van der Waals surface area contributed by atoms with Crippen LogP contribution in [0.1, 0.15) is 5.56 Å². The highest BCUT2D eigenvalue weighted by Crippen LogP contribution is 2.20. The summed E-state index contributed by atoms with van der Waals surface area (Å²) >= 11 is 3.14. The van der Waals surface area contributed by atoms with Gasteiger partial charge in [-0.3, -0.25) is 4.79 Å². The number of nitrogens with two attached hydrogens (primary N) is 1. The molecule has 0 saturated carbocycles. The molecule has 0 spiro atoms. The molecule has 0 bridgehead atoms. The van der Waals surface area contributed by atoms with Crippen molar-refractivity contribution in [3.05, 3.63) is 34.1 Å². The molecule has 1 rings (SSSR count). The Labute approximate surface area is 88.9 Å². The first kappa shape index (κ1) is 11.1. The number of aliphatic carboxylic acids is 1. The van der Waals surface area contributed by atoms with Crippen molar-refractivity contribution in [1.29, 1.82) is 0 Å². The first-order valence-corrected chi connectivity index (χ1v) is 4.73. The normalized spacial score (nSPS) is 12.5. The van der Waals surface area contributed by atoms with Crippen LogP contribution in [0.2, 0.25) is 0 Å². The van der Waals surface area contributed by atoms with Gasteiger partial charge in [-0.2, -0.15) is 0 Å². The number of carbonyl (C=O) groups is 1. The van der Waals surface area contributed by atoms with Gasteiger partial charge in [0.1, 0.15) is 11.9 Å². The SMILES string of the molecule is N[C@H](Cc1c(F)cccc1Br)C(=O)O. The molecule has 14 heavy (non-hydrogen) atoms. The zero-order valence-electron chi connectivity index (χ0n) is 7.21. The Kier molecular flexibility index (Phi) is 3.60. The quantitative estimate of drug-likeness (QED) is 0.868. The molecule has 0 heterocycles. The molecule has 0 fully saturated rings. The molecule has 0 aromatic heterocycles. The molecule has 1 aromatic carbocycles. The Bertz CT molecular complexity index is 336. The highest BCUT2D eigenvalue weighted by Gasteiger charge is 2.16. The Morgan fingerprint density at radius 3 is 2.79 bits per heavy atom. The van der Waals surface area contributed by atoms with Crippen molar-refractivity contribution >= 4 is 21.9 Å². The topological polar surface area (TPSA) is 63.3 Å². The molecular formula is C9H9BrFNO2. The second kappa shape index (κ2) is 4.52. The summed E-state index contributed by atoms with van der Waals surface area (Å²) in [5.74, 6) is -1.59. The fourth-order valence-corrected chi connectivity index (χ4v) is 1.54. The van der Waals surface area contributed by atoms with E-state index in [4.69, 9.17) is 10.8 Å². The monoisotopic (exact) mass is 261 g/mol. The molecule has 0 saturated heterocycles. The number of benzene rings is 1. The van der Waals surface area contributed by atoms with Crippen LogP contribution >= 0.6 is 15.9 Å². The second-order valence-corrected chi connectivity index (χ2v) is 3.70. The third-order valence-electron chi connectivity index (χ3n) is 1.80. The average Bonchev–Trinajstić information content (AvgIpc) is 2.11. The summed E-state index contributed by atoms with van der Waals surface area (Å²) in [4.78, 5) is 10.5. The molecule has 3 N–H and O–H groups in total. The van der Waals surface area contributed by atoms with E-state index in [0.29, 0.717) is 10.0 Å². The standard InChI is InChI=1S/C9H9BrFNO2/c10-6-2-1-3-7(11)5(6)4-8(12)9(13)14/h1-3,8H,4,12H2,(H,13,14)/t8-/m1/s1. The van der Waals surface area contributed by atoms with Gasteiger partial charge in [-0.1, -0.05) is 22.0 Å². The predicted molar refractivity (Wildman–Crippen MR) is 53.4 cm³/mol. The van der Waals surface area contributed by atoms with E-state index in [0.717, 1.165) is 0 Å². The summed E-state index contributed by atoms with van der Waals surface area (Å²) < 4.78 is 13.7. The van der Waals surface area contributed by atoms with Crippen molar-refractivity contribution in [3.8, 4) is 0 Å². The van der Waals surface area contributed by atoms with E-state index < -0.39 is 17.8 Å². The Balaban J connectivity index is 2.91. The van der Waals surface area contributed by atoms with Gasteiger partial charge < -0.3 is 10.8 Å². The lowest BCUT2D eigenvalue weighted by Crippen LogP contribution is -2.32. The van der Waals surface area contributed by atoms with Crippen LogP contribution in [0.15, 0.2) is 22.7 Å². The summed E-state index contributed by atoms with van der Waals surface area (Å²) in [7, 11) is 0. The number of rotatable bonds is 3. The molecule has 0 aliphatic carbocycles. The maximum Gasteiger partial charge on any atom is 0.320 e. The van der Waals surface area contributed by atoms with Gasteiger partial charge in [0.15, 0.2) is 0 Å². The molecule has 0 radical (unpaired) electrons. The molecule has 3 nitrogen and oxygen atoms in total. The molecule has 0 aliphatic rings. The summed E-state index contributed by atoms with van der Waals surface area (Å²) in [6, 6.07) is 3.37. The lowest BCUT2D eigenvalue weighted by atomic mass is 10.1. The molecule has 1 aromatic rings. The number of carboxylic acids is 1. The highest BCUT2D eigenvalue weighted by molar-refractivity contribution is 9.10. The van der Waals surface area contributed by atoms with Crippen LogP contribution in [-0.2, 0) is 11.2 Å². The van der Waals surface area contributed by atoms with Crippen LogP contribution in [0.25, 0.3) is 0 Å². The zero-order valence-corrected chi connectivity index (χ0v) is 8.79. The van der Waals surface area contributed by atoms with Crippen LogP contribution < -0.4 is 5.73 Å². The molecule has 1 atom stereocenters. The van der Waals surface area contributed by atoms with E-state index >= 15 is 0 Å². The highest BCUT2D eigenvalue weighted by atomic mass is 79.9. The molecular weight excluding hydrogens is 253 g/mol. The third-order valence-corrected chi connectivity index (χ3v) is 2.55. The van der Waals surface area contributed by atoms with Gasteiger partial charge in [-0.15, -0.1) is 0 Å². The number of hydrogen-bond donors (Lipinski definition) is 2. The van der Waals surface area contributed by atoms with Crippen molar-refractivity contribution in [2.75, 3.05) is 0 Å². The molecule has 0 aliphatic heterocycles. The minimum Gasteiger partial charge on any atom is -0.480 e. The fourth-order valence-electron chi connectivity index (χ4n) is 1.03. The van der Waals surface area contributed by atoms with Crippen molar-refractivity contribution in [1.82, 2.24) is 0 Å². The second-order valence-electron chi connectivity index (χ2n) is 2.85. The van der Waals surface area contributed by atoms with Crippen molar-refractivity contribution in [3.63, 3.8) is 0 Å². The number of carboxylic acid groups (broad SMARTS) is 1. The number of halogens is 2. The Morgan fingerprint density at radius 2 is 2.29 bits per heavy atom. The van der Waals surface area contributed by atoms with E-state index in [9.17, 15) is 9.18 Å². The van der Waals surface area contributed by atoms with E-state index in [2.05, 4.69) is 15.9 Å². The van der Waals surface area contributed by atoms with Gasteiger partial charge in [0.25, 0.3) is 0 Å². The van der Waals surface area contributed by atoms with Gasteiger partial charge in [0.05, 0.1) is 0 Å². The predicted octanol–water partition coefficient (Wildman–Crippen LogP) is 1.54. The third kappa shape index (κ3) is 2.52.